The number of nitrogens with one attached hydrogen (secondary N) is 1. The molecule has 0 atom stereocenters. The van der Waals surface area contributed by atoms with Crippen LogP contribution in [0, 0.1) is 6.92 Å². The number of nitrogens with zero attached hydrogens (tertiary/aromatic N) is 1. The van der Waals surface area contributed by atoms with Gasteiger partial charge in [-0.1, -0.05) is 21.1 Å². The van der Waals surface area contributed by atoms with Crippen LogP contribution in [0.5, 0.6) is 5.75 Å². The Labute approximate surface area is 112 Å². The van der Waals surface area contributed by atoms with Crippen molar-refractivity contribution in [3.8, 4) is 5.75 Å². The highest BCUT2D eigenvalue weighted by Crippen LogP contribution is 2.28. The summed E-state index contributed by atoms with van der Waals surface area (Å²) in [5.41, 5.74) is 1.24. The lowest BCUT2D eigenvalue weighted by Gasteiger charge is -2.09. The monoisotopic (exact) mass is 310 g/mol. The summed E-state index contributed by atoms with van der Waals surface area (Å²) in [5.74, 6) is 0.405. The van der Waals surface area contributed by atoms with Gasteiger partial charge in [0.05, 0.1) is 19.0 Å². The number of amides is 1. The Morgan fingerprint density at radius 3 is 2.89 bits per heavy atom. The Morgan fingerprint density at radius 2 is 2.28 bits per heavy atom. The van der Waals surface area contributed by atoms with Gasteiger partial charge in [0.25, 0.3) is 5.91 Å². The lowest BCUT2D eigenvalue weighted by atomic mass is 10.2. The van der Waals surface area contributed by atoms with Crippen LogP contribution in [0.4, 0.5) is 5.69 Å². The summed E-state index contributed by atoms with van der Waals surface area (Å²) < 4.78 is 10.9. The number of aromatic nitrogens is 1. The minimum atomic E-state index is -0.360. The highest BCUT2D eigenvalue weighted by molar-refractivity contribution is 9.10. The maximum atomic E-state index is 12.0. The summed E-state index contributed by atoms with van der Waals surface area (Å²) in [6.45, 7) is 1.75. The number of aryl methyl sites for hydroxylation is 1. The van der Waals surface area contributed by atoms with Gasteiger partial charge < -0.3 is 14.6 Å². The normalized spacial score (nSPS) is 10.2. The number of methoxy groups -OCH3 is 1. The summed E-state index contributed by atoms with van der Waals surface area (Å²) in [6, 6.07) is 5.34. The van der Waals surface area contributed by atoms with E-state index in [0.29, 0.717) is 17.0 Å². The number of carbonyl (C=O) groups is 1. The predicted molar refractivity (Wildman–Crippen MR) is 69.9 cm³/mol. The number of hydrogen-bond donors (Lipinski definition) is 1. The third-order valence-corrected chi connectivity index (χ3v) is 2.86. The van der Waals surface area contributed by atoms with Crippen molar-refractivity contribution < 1.29 is 14.1 Å². The van der Waals surface area contributed by atoms with E-state index >= 15 is 0 Å². The van der Waals surface area contributed by atoms with Gasteiger partial charge in [-0.25, -0.2) is 0 Å². The second-order valence-corrected chi connectivity index (χ2v) is 4.55. The Kier molecular flexibility index (Phi) is 3.66. The number of rotatable bonds is 3. The molecule has 0 saturated heterocycles. The fourth-order valence-electron chi connectivity index (χ4n) is 1.47. The second kappa shape index (κ2) is 5.22. The largest absolute Gasteiger partial charge is 0.495 e. The smallest absolute Gasteiger partial charge is 0.294 e. The van der Waals surface area contributed by atoms with Gasteiger partial charge in [0.2, 0.25) is 5.76 Å². The first-order chi connectivity index (χ1) is 8.61. The molecule has 1 N–H and O–H groups in total. The molecular weight excluding hydrogens is 300 g/mol. The van der Waals surface area contributed by atoms with Gasteiger partial charge >= 0.3 is 0 Å². The molecular formula is C12H11BrN2O3. The van der Waals surface area contributed by atoms with Gasteiger partial charge in [-0.2, -0.15) is 0 Å². The van der Waals surface area contributed by atoms with Crippen molar-refractivity contribution in [3.05, 3.63) is 40.2 Å². The van der Waals surface area contributed by atoms with E-state index in [-0.39, 0.29) is 11.7 Å². The first kappa shape index (κ1) is 12.6. The minimum absolute atomic E-state index is 0.192. The minimum Gasteiger partial charge on any atom is -0.495 e. The third kappa shape index (κ3) is 2.53. The van der Waals surface area contributed by atoms with Crippen LogP contribution in [0.3, 0.4) is 0 Å². The van der Waals surface area contributed by atoms with Crippen LogP contribution in [0.15, 0.2) is 33.4 Å². The van der Waals surface area contributed by atoms with Crippen LogP contribution < -0.4 is 10.1 Å². The lowest BCUT2D eigenvalue weighted by Crippen LogP contribution is -2.12. The fraction of sp³-hybridized carbons (Fsp3) is 0.167. The molecule has 6 heteroatoms. The van der Waals surface area contributed by atoms with E-state index in [1.165, 1.54) is 6.20 Å². The number of anilines is 1. The van der Waals surface area contributed by atoms with Crippen LogP contribution in [0.1, 0.15) is 16.1 Å². The summed E-state index contributed by atoms with van der Waals surface area (Å²) in [4.78, 5) is 12.0. The zero-order chi connectivity index (χ0) is 13.1. The van der Waals surface area contributed by atoms with Crippen LogP contribution >= 0.6 is 15.9 Å². The zero-order valence-corrected chi connectivity index (χ0v) is 11.4. The molecule has 1 aromatic carbocycles. The maximum Gasteiger partial charge on any atom is 0.294 e. The molecule has 1 aromatic heterocycles. The van der Waals surface area contributed by atoms with Crippen molar-refractivity contribution in [3.63, 3.8) is 0 Å². The molecule has 0 bridgehead atoms. The molecule has 5 nitrogen and oxygen atoms in total. The fourth-order valence-corrected chi connectivity index (χ4v) is 1.83. The van der Waals surface area contributed by atoms with Gasteiger partial charge in [0, 0.05) is 10.0 Å². The van der Waals surface area contributed by atoms with Gasteiger partial charge in [-0.05, 0) is 25.1 Å². The average molecular weight is 311 g/mol. The summed E-state index contributed by atoms with van der Waals surface area (Å²) in [7, 11) is 1.54. The molecule has 1 amide bonds. The van der Waals surface area contributed by atoms with Crippen molar-refractivity contribution in [2.24, 2.45) is 0 Å². The molecule has 0 spiro atoms. The van der Waals surface area contributed by atoms with Crippen LogP contribution in [0.25, 0.3) is 0 Å². The molecule has 0 aliphatic heterocycles. The number of benzene rings is 1. The van der Waals surface area contributed by atoms with Crippen LogP contribution in [0.2, 0.25) is 0 Å². The Balaban J connectivity index is 2.27. The molecule has 0 fully saturated rings. The van der Waals surface area contributed by atoms with Gasteiger partial charge in [-0.15, -0.1) is 0 Å². The van der Waals surface area contributed by atoms with E-state index in [9.17, 15) is 4.79 Å². The molecule has 0 radical (unpaired) electrons. The number of ether oxygens (including phenoxy) is 1. The summed E-state index contributed by atoms with van der Waals surface area (Å²) in [5, 5.41) is 6.29. The standard InChI is InChI=1S/C12H11BrN2O3/c1-7-6-14-18-11(7)12(16)15-9-5-8(13)3-4-10(9)17-2/h3-6H,1-2H3,(H,15,16). The third-order valence-electron chi connectivity index (χ3n) is 2.36. The van der Waals surface area contributed by atoms with E-state index in [1.54, 1.807) is 26.2 Å². The molecule has 0 unspecified atom stereocenters. The van der Waals surface area contributed by atoms with Crippen molar-refractivity contribution in [2.45, 2.75) is 6.92 Å². The van der Waals surface area contributed by atoms with Crippen molar-refractivity contribution in [1.82, 2.24) is 5.16 Å². The van der Waals surface area contributed by atoms with Crippen LogP contribution in [-0.2, 0) is 0 Å². The maximum absolute atomic E-state index is 12.0. The first-order valence-corrected chi connectivity index (χ1v) is 5.97. The summed E-state index contributed by atoms with van der Waals surface area (Å²) >= 11 is 3.34. The van der Waals surface area contributed by atoms with E-state index in [1.807, 2.05) is 6.07 Å². The van der Waals surface area contributed by atoms with Crippen molar-refractivity contribution >= 4 is 27.5 Å². The molecule has 0 saturated carbocycles. The number of hydrogen-bond acceptors (Lipinski definition) is 4. The number of halogens is 1. The van der Waals surface area contributed by atoms with Crippen LogP contribution in [-0.4, -0.2) is 18.2 Å². The van der Waals surface area contributed by atoms with E-state index in [0.717, 1.165) is 4.47 Å². The highest BCUT2D eigenvalue weighted by atomic mass is 79.9. The molecule has 0 aliphatic rings. The molecule has 0 aliphatic carbocycles. The Bertz CT molecular complexity index is 580. The lowest BCUT2D eigenvalue weighted by molar-refractivity contribution is 0.0986. The van der Waals surface area contributed by atoms with Gasteiger partial charge in [0.15, 0.2) is 0 Å². The second-order valence-electron chi connectivity index (χ2n) is 3.64. The quantitative estimate of drug-likeness (QED) is 0.946. The van der Waals surface area contributed by atoms with Gasteiger partial charge in [-0.3, -0.25) is 4.79 Å². The Morgan fingerprint density at radius 1 is 1.50 bits per heavy atom. The van der Waals surface area contributed by atoms with Crippen molar-refractivity contribution in [2.75, 3.05) is 12.4 Å². The highest BCUT2D eigenvalue weighted by Gasteiger charge is 2.16. The topological polar surface area (TPSA) is 64.4 Å². The average Bonchev–Trinajstić information content (AvgIpc) is 2.76. The first-order valence-electron chi connectivity index (χ1n) is 5.18. The van der Waals surface area contributed by atoms with E-state index in [2.05, 4.69) is 26.4 Å². The molecule has 2 aromatic rings. The van der Waals surface area contributed by atoms with Crippen molar-refractivity contribution in [1.29, 1.82) is 0 Å². The van der Waals surface area contributed by atoms with E-state index < -0.39 is 0 Å². The van der Waals surface area contributed by atoms with Gasteiger partial charge in [0.1, 0.15) is 5.75 Å². The van der Waals surface area contributed by atoms with E-state index in [4.69, 9.17) is 9.26 Å². The molecule has 94 valence electrons. The summed E-state index contributed by atoms with van der Waals surface area (Å²) in [6.07, 6.45) is 1.49. The predicted octanol–water partition coefficient (Wildman–Crippen LogP) is 3.01. The molecule has 18 heavy (non-hydrogen) atoms. The Hall–Kier alpha value is -1.82. The number of carbonyl (C=O) groups excluding carboxylic acids is 1. The zero-order valence-electron chi connectivity index (χ0n) is 9.86. The SMILES string of the molecule is COc1ccc(Br)cc1NC(=O)c1oncc1C. The molecule has 2 rings (SSSR count). The molecule has 1 heterocycles.